The standard InChI is InChI=1S/C8H6BrN3.C8H7N3.BrH/c9-7-5(10)1-2-6-8(7)12-4-3-11-6;9-6-1-2-7-8(5-6)11-4-3-10-7;/h1-4H,10H2;1-5H,9H2;1H. The van der Waals surface area contributed by atoms with Gasteiger partial charge in [0.2, 0.25) is 0 Å². The van der Waals surface area contributed by atoms with Crippen molar-refractivity contribution < 1.29 is 0 Å². The molecule has 0 saturated carbocycles. The SMILES string of the molecule is Br.Nc1ccc2nccnc2c1.Nc1ccc2nccnc2c1Br. The molecule has 122 valence electrons. The molecular weight excluding hydrogens is 436 g/mol. The van der Waals surface area contributed by atoms with Crippen LogP contribution in [0.4, 0.5) is 11.4 Å². The van der Waals surface area contributed by atoms with Gasteiger partial charge in [0.25, 0.3) is 0 Å². The highest BCUT2D eigenvalue weighted by atomic mass is 79.9. The third kappa shape index (κ3) is 3.95. The Kier molecular flexibility index (Phi) is 5.99. The molecule has 0 bridgehead atoms. The minimum Gasteiger partial charge on any atom is -0.399 e. The average Bonchev–Trinajstić information content (AvgIpc) is 2.59. The third-order valence-corrected chi connectivity index (χ3v) is 3.94. The summed E-state index contributed by atoms with van der Waals surface area (Å²) in [6.07, 6.45) is 6.62. The van der Waals surface area contributed by atoms with E-state index < -0.39 is 0 Å². The Balaban J connectivity index is 0.000000167. The number of hydrogen-bond acceptors (Lipinski definition) is 6. The zero-order valence-electron chi connectivity index (χ0n) is 12.4. The van der Waals surface area contributed by atoms with Gasteiger partial charge in [0.1, 0.15) is 5.52 Å². The molecule has 4 rings (SSSR count). The summed E-state index contributed by atoms with van der Waals surface area (Å²) in [6.45, 7) is 0. The number of fused-ring (bicyclic) bond motifs is 2. The lowest BCUT2D eigenvalue weighted by molar-refractivity contribution is 1.29. The first-order valence-corrected chi connectivity index (χ1v) is 7.55. The average molecular weight is 450 g/mol. The quantitative estimate of drug-likeness (QED) is 0.396. The molecule has 2 aromatic carbocycles. The summed E-state index contributed by atoms with van der Waals surface area (Å²) in [5.74, 6) is 0. The van der Waals surface area contributed by atoms with Crippen molar-refractivity contribution in [3.05, 3.63) is 59.6 Å². The zero-order chi connectivity index (χ0) is 16.2. The monoisotopic (exact) mass is 448 g/mol. The Labute approximate surface area is 157 Å². The van der Waals surface area contributed by atoms with E-state index in [1.807, 2.05) is 24.3 Å². The molecule has 0 amide bonds. The van der Waals surface area contributed by atoms with Crippen LogP contribution in [-0.4, -0.2) is 19.9 Å². The molecule has 2 heterocycles. The number of aromatic nitrogens is 4. The number of halogens is 2. The van der Waals surface area contributed by atoms with Crippen LogP contribution in [0.3, 0.4) is 0 Å². The van der Waals surface area contributed by atoms with Gasteiger partial charge in [-0.2, -0.15) is 0 Å². The molecule has 0 aliphatic carbocycles. The van der Waals surface area contributed by atoms with Crippen LogP contribution in [0.2, 0.25) is 0 Å². The maximum atomic E-state index is 5.67. The van der Waals surface area contributed by atoms with Crippen molar-refractivity contribution in [2.75, 3.05) is 11.5 Å². The van der Waals surface area contributed by atoms with E-state index in [2.05, 4.69) is 35.9 Å². The molecule has 4 aromatic rings. The number of benzene rings is 2. The predicted molar refractivity (Wildman–Crippen MR) is 106 cm³/mol. The molecule has 8 heteroatoms. The fraction of sp³-hybridized carbons (Fsp3) is 0. The lowest BCUT2D eigenvalue weighted by Crippen LogP contribution is -1.89. The molecule has 0 aliphatic rings. The topological polar surface area (TPSA) is 104 Å². The number of nitrogens with two attached hydrogens (primary N) is 2. The largest absolute Gasteiger partial charge is 0.399 e. The van der Waals surface area contributed by atoms with Crippen LogP contribution in [-0.2, 0) is 0 Å². The molecule has 0 atom stereocenters. The summed E-state index contributed by atoms with van der Waals surface area (Å²) in [4.78, 5) is 16.5. The second-order valence-corrected chi connectivity index (χ2v) is 5.49. The van der Waals surface area contributed by atoms with Crippen LogP contribution in [0.15, 0.2) is 59.6 Å². The van der Waals surface area contributed by atoms with Gasteiger partial charge in [-0.3, -0.25) is 19.9 Å². The van der Waals surface area contributed by atoms with Gasteiger partial charge in [-0.25, -0.2) is 0 Å². The number of hydrogen-bond donors (Lipinski definition) is 2. The summed E-state index contributed by atoms with van der Waals surface area (Å²) in [6, 6.07) is 9.14. The molecule has 4 N–H and O–H groups in total. The lowest BCUT2D eigenvalue weighted by atomic mass is 10.3. The first kappa shape index (κ1) is 18.0. The minimum absolute atomic E-state index is 0. The maximum Gasteiger partial charge on any atom is 0.105 e. The molecule has 0 spiro atoms. The van der Waals surface area contributed by atoms with Gasteiger partial charge in [-0.05, 0) is 46.3 Å². The van der Waals surface area contributed by atoms with Crippen molar-refractivity contribution in [1.82, 2.24) is 19.9 Å². The summed E-state index contributed by atoms with van der Waals surface area (Å²) < 4.78 is 0.813. The molecule has 6 nitrogen and oxygen atoms in total. The van der Waals surface area contributed by atoms with E-state index in [0.29, 0.717) is 5.69 Å². The smallest absolute Gasteiger partial charge is 0.105 e. The van der Waals surface area contributed by atoms with Crippen molar-refractivity contribution in [3.8, 4) is 0 Å². The number of rotatable bonds is 0. The first-order valence-electron chi connectivity index (χ1n) is 6.76. The van der Waals surface area contributed by atoms with Crippen molar-refractivity contribution in [3.63, 3.8) is 0 Å². The first-order chi connectivity index (χ1) is 11.1. The van der Waals surface area contributed by atoms with Crippen molar-refractivity contribution >= 4 is 66.4 Å². The summed E-state index contributed by atoms with van der Waals surface area (Å²) >= 11 is 3.35. The number of nitrogens with zero attached hydrogens (tertiary/aromatic N) is 4. The Morgan fingerprint density at radius 2 is 1.29 bits per heavy atom. The fourth-order valence-electron chi connectivity index (χ4n) is 2.00. The molecular formula is C16H14Br2N6. The van der Waals surface area contributed by atoms with E-state index in [1.54, 1.807) is 30.9 Å². The van der Waals surface area contributed by atoms with Gasteiger partial charge in [0.15, 0.2) is 0 Å². The summed E-state index contributed by atoms with van der Waals surface area (Å²) in [5.41, 5.74) is 16.0. The molecule has 0 radical (unpaired) electrons. The molecule has 0 aliphatic heterocycles. The number of nitrogen functional groups attached to an aromatic ring is 2. The predicted octanol–water partition coefficient (Wildman–Crippen LogP) is 3.76. The zero-order valence-corrected chi connectivity index (χ0v) is 15.7. The van der Waals surface area contributed by atoms with E-state index >= 15 is 0 Å². The van der Waals surface area contributed by atoms with E-state index in [9.17, 15) is 0 Å². The Hall–Kier alpha value is -2.32. The Morgan fingerprint density at radius 1 is 0.708 bits per heavy atom. The Bertz CT molecular complexity index is 977. The van der Waals surface area contributed by atoms with E-state index in [1.165, 1.54) is 0 Å². The number of anilines is 2. The van der Waals surface area contributed by atoms with Crippen LogP contribution >= 0.6 is 32.9 Å². The van der Waals surface area contributed by atoms with Gasteiger partial charge in [0.05, 0.1) is 21.0 Å². The fourth-order valence-corrected chi connectivity index (χ4v) is 2.44. The van der Waals surface area contributed by atoms with Gasteiger partial charge in [-0.1, -0.05) is 0 Å². The van der Waals surface area contributed by atoms with Gasteiger partial charge in [0, 0.05) is 36.2 Å². The van der Waals surface area contributed by atoms with Crippen LogP contribution in [0.1, 0.15) is 0 Å². The highest BCUT2D eigenvalue weighted by Gasteiger charge is 2.02. The van der Waals surface area contributed by atoms with Crippen LogP contribution in [0.5, 0.6) is 0 Å². The molecule has 2 aromatic heterocycles. The van der Waals surface area contributed by atoms with E-state index in [0.717, 1.165) is 32.2 Å². The molecule has 0 unspecified atom stereocenters. The lowest BCUT2D eigenvalue weighted by Gasteiger charge is -2.00. The highest BCUT2D eigenvalue weighted by molar-refractivity contribution is 9.10. The summed E-state index contributed by atoms with van der Waals surface area (Å²) in [7, 11) is 0. The third-order valence-electron chi connectivity index (χ3n) is 3.10. The van der Waals surface area contributed by atoms with E-state index in [4.69, 9.17) is 11.5 Å². The van der Waals surface area contributed by atoms with Gasteiger partial charge >= 0.3 is 0 Å². The van der Waals surface area contributed by atoms with Crippen LogP contribution in [0.25, 0.3) is 22.1 Å². The van der Waals surface area contributed by atoms with Gasteiger partial charge < -0.3 is 11.5 Å². The maximum absolute atomic E-state index is 5.67. The van der Waals surface area contributed by atoms with Crippen molar-refractivity contribution in [2.24, 2.45) is 0 Å². The minimum atomic E-state index is 0. The van der Waals surface area contributed by atoms with E-state index in [-0.39, 0.29) is 17.0 Å². The van der Waals surface area contributed by atoms with Gasteiger partial charge in [-0.15, -0.1) is 17.0 Å². The van der Waals surface area contributed by atoms with Crippen molar-refractivity contribution in [1.29, 1.82) is 0 Å². The Morgan fingerprint density at radius 3 is 2.04 bits per heavy atom. The second-order valence-electron chi connectivity index (χ2n) is 4.70. The molecule has 0 fully saturated rings. The molecule has 24 heavy (non-hydrogen) atoms. The van der Waals surface area contributed by atoms with Crippen LogP contribution in [0, 0.1) is 0 Å². The van der Waals surface area contributed by atoms with Crippen LogP contribution < -0.4 is 11.5 Å². The molecule has 0 saturated heterocycles. The second kappa shape index (κ2) is 7.98. The summed E-state index contributed by atoms with van der Waals surface area (Å²) in [5, 5.41) is 0. The highest BCUT2D eigenvalue weighted by Crippen LogP contribution is 2.26. The normalized spacial score (nSPS) is 9.88. The van der Waals surface area contributed by atoms with Crippen molar-refractivity contribution in [2.45, 2.75) is 0 Å².